The summed E-state index contributed by atoms with van der Waals surface area (Å²) < 4.78 is 12.1. The third kappa shape index (κ3) is 4.30. The molecule has 1 aromatic heterocycles. The van der Waals surface area contributed by atoms with E-state index in [4.69, 9.17) is 9.47 Å². The van der Waals surface area contributed by atoms with Crippen molar-refractivity contribution < 1.29 is 14.3 Å². The molecule has 0 spiro atoms. The van der Waals surface area contributed by atoms with Gasteiger partial charge in [-0.3, -0.25) is 14.2 Å². The average molecular weight is 409 g/mol. The Kier molecular flexibility index (Phi) is 6.72. The van der Waals surface area contributed by atoms with Crippen molar-refractivity contribution in [2.24, 2.45) is 0 Å². The number of aromatic nitrogens is 2. The van der Waals surface area contributed by atoms with Crippen molar-refractivity contribution >= 4 is 22.5 Å². The van der Waals surface area contributed by atoms with Gasteiger partial charge in [-0.2, -0.15) is 0 Å². The highest BCUT2D eigenvalue weighted by Crippen LogP contribution is 2.29. The van der Waals surface area contributed by atoms with Crippen LogP contribution in [0.3, 0.4) is 0 Å². The largest absolute Gasteiger partial charge is 0.493 e. The summed E-state index contributed by atoms with van der Waals surface area (Å²) in [6.45, 7) is 4.97. The Bertz CT molecular complexity index is 1110. The molecule has 0 saturated carbocycles. The first-order chi connectivity index (χ1) is 14.5. The number of para-hydroxylation sites is 1. The molecule has 0 bridgehead atoms. The van der Waals surface area contributed by atoms with Gasteiger partial charge < -0.3 is 14.4 Å². The molecule has 0 aliphatic heterocycles. The topological polar surface area (TPSA) is 73.7 Å². The lowest BCUT2D eigenvalue weighted by Crippen LogP contribution is -2.31. The average Bonchev–Trinajstić information content (AvgIpc) is 2.76. The summed E-state index contributed by atoms with van der Waals surface area (Å²) in [6.07, 6.45) is 2.40. The minimum atomic E-state index is -0.167. The van der Waals surface area contributed by atoms with Gasteiger partial charge in [0.2, 0.25) is 5.91 Å². The maximum atomic E-state index is 12.9. The number of rotatable bonds is 8. The van der Waals surface area contributed by atoms with Gasteiger partial charge in [-0.25, -0.2) is 4.98 Å². The van der Waals surface area contributed by atoms with Crippen molar-refractivity contribution in [1.82, 2.24) is 9.55 Å². The fourth-order valence-corrected chi connectivity index (χ4v) is 3.53. The summed E-state index contributed by atoms with van der Waals surface area (Å²) in [5.74, 6) is 1.05. The minimum Gasteiger partial charge on any atom is -0.493 e. The zero-order valence-corrected chi connectivity index (χ0v) is 17.8. The Morgan fingerprint density at radius 2 is 1.83 bits per heavy atom. The van der Waals surface area contributed by atoms with Crippen LogP contribution in [-0.4, -0.2) is 36.2 Å². The van der Waals surface area contributed by atoms with Crippen molar-refractivity contribution in [2.45, 2.75) is 33.2 Å². The summed E-state index contributed by atoms with van der Waals surface area (Å²) in [4.78, 5) is 31.8. The van der Waals surface area contributed by atoms with E-state index in [1.807, 2.05) is 38.1 Å². The van der Waals surface area contributed by atoms with E-state index in [0.29, 0.717) is 48.3 Å². The van der Waals surface area contributed by atoms with E-state index in [2.05, 4.69) is 4.98 Å². The molecule has 0 aliphatic carbocycles. The van der Waals surface area contributed by atoms with Crippen molar-refractivity contribution in [3.8, 4) is 11.5 Å². The Morgan fingerprint density at radius 3 is 2.50 bits per heavy atom. The first-order valence-corrected chi connectivity index (χ1v) is 9.97. The predicted octanol–water partition coefficient (Wildman–Crippen LogP) is 3.56. The van der Waals surface area contributed by atoms with Crippen LogP contribution in [0.1, 0.15) is 25.3 Å². The van der Waals surface area contributed by atoms with E-state index < -0.39 is 0 Å². The molecule has 0 saturated heterocycles. The standard InChI is InChI=1S/C23H27N3O4/c1-5-26(19-10-7-6-9-16(19)2)22(27)11-8-12-25-15-24-18-14-21(30-4)20(29-3)13-17(18)23(25)28/h6-7,9-10,13-15H,5,8,11-12H2,1-4H3. The molecular weight excluding hydrogens is 382 g/mol. The van der Waals surface area contributed by atoms with Crippen LogP contribution < -0.4 is 19.9 Å². The van der Waals surface area contributed by atoms with E-state index in [-0.39, 0.29) is 11.5 Å². The quantitative estimate of drug-likeness (QED) is 0.569. The van der Waals surface area contributed by atoms with Gasteiger partial charge in [0.15, 0.2) is 11.5 Å². The van der Waals surface area contributed by atoms with Gasteiger partial charge in [0.1, 0.15) is 0 Å². The summed E-state index contributed by atoms with van der Waals surface area (Å²) in [5.41, 5.74) is 2.36. The molecule has 3 aromatic rings. The minimum absolute atomic E-state index is 0.0417. The second-order valence-corrected chi connectivity index (χ2v) is 7.00. The number of carbonyl (C=O) groups excluding carboxylic acids is 1. The molecule has 0 unspecified atom stereocenters. The Balaban J connectivity index is 1.74. The summed E-state index contributed by atoms with van der Waals surface area (Å²) in [6, 6.07) is 11.2. The molecule has 30 heavy (non-hydrogen) atoms. The lowest BCUT2D eigenvalue weighted by Gasteiger charge is -2.23. The van der Waals surface area contributed by atoms with Crippen molar-refractivity contribution in [3.05, 3.63) is 58.6 Å². The van der Waals surface area contributed by atoms with Crippen LogP contribution in [0.25, 0.3) is 10.9 Å². The van der Waals surface area contributed by atoms with E-state index in [1.54, 1.807) is 24.1 Å². The highest BCUT2D eigenvalue weighted by Gasteiger charge is 2.16. The highest BCUT2D eigenvalue weighted by atomic mass is 16.5. The van der Waals surface area contributed by atoms with Crippen LogP contribution >= 0.6 is 0 Å². The Hall–Kier alpha value is -3.35. The van der Waals surface area contributed by atoms with Crippen molar-refractivity contribution in [3.63, 3.8) is 0 Å². The smallest absolute Gasteiger partial charge is 0.261 e. The monoisotopic (exact) mass is 409 g/mol. The second kappa shape index (κ2) is 9.43. The predicted molar refractivity (Wildman–Crippen MR) is 118 cm³/mol. The first kappa shape index (κ1) is 21.4. The molecule has 158 valence electrons. The molecule has 3 rings (SSSR count). The summed E-state index contributed by atoms with van der Waals surface area (Å²) in [5, 5.41) is 0.455. The molecule has 0 atom stereocenters. The fourth-order valence-electron chi connectivity index (χ4n) is 3.53. The molecule has 1 heterocycles. The van der Waals surface area contributed by atoms with Crippen LogP contribution in [-0.2, 0) is 11.3 Å². The SMILES string of the molecule is CCN(C(=O)CCCn1cnc2cc(OC)c(OC)cc2c1=O)c1ccccc1C. The van der Waals surface area contributed by atoms with E-state index in [9.17, 15) is 9.59 Å². The summed E-state index contributed by atoms with van der Waals surface area (Å²) >= 11 is 0. The number of benzene rings is 2. The molecule has 0 radical (unpaired) electrons. The first-order valence-electron chi connectivity index (χ1n) is 9.97. The van der Waals surface area contributed by atoms with E-state index >= 15 is 0 Å². The molecule has 0 aliphatic rings. The van der Waals surface area contributed by atoms with Gasteiger partial charge in [-0.1, -0.05) is 18.2 Å². The van der Waals surface area contributed by atoms with Gasteiger partial charge in [-0.05, 0) is 38.0 Å². The Morgan fingerprint density at radius 1 is 1.13 bits per heavy atom. The number of hydrogen-bond donors (Lipinski definition) is 0. The lowest BCUT2D eigenvalue weighted by molar-refractivity contribution is -0.118. The number of ether oxygens (including phenoxy) is 2. The maximum Gasteiger partial charge on any atom is 0.261 e. The molecule has 7 nitrogen and oxygen atoms in total. The number of anilines is 1. The van der Waals surface area contributed by atoms with Crippen LogP contribution in [0.15, 0.2) is 47.5 Å². The number of amides is 1. The highest BCUT2D eigenvalue weighted by molar-refractivity contribution is 5.94. The van der Waals surface area contributed by atoms with Gasteiger partial charge in [0.25, 0.3) is 5.56 Å². The molecule has 2 aromatic carbocycles. The van der Waals surface area contributed by atoms with Crippen LogP contribution in [0.4, 0.5) is 5.69 Å². The van der Waals surface area contributed by atoms with E-state index in [1.165, 1.54) is 18.0 Å². The van der Waals surface area contributed by atoms with Crippen molar-refractivity contribution in [2.75, 3.05) is 25.7 Å². The zero-order valence-electron chi connectivity index (χ0n) is 17.8. The van der Waals surface area contributed by atoms with Gasteiger partial charge in [0, 0.05) is 31.3 Å². The number of aryl methyl sites for hydroxylation is 2. The maximum absolute atomic E-state index is 12.9. The second-order valence-electron chi connectivity index (χ2n) is 7.00. The van der Waals surface area contributed by atoms with Crippen LogP contribution in [0, 0.1) is 6.92 Å². The molecule has 0 fully saturated rings. The molecular formula is C23H27N3O4. The third-order valence-corrected chi connectivity index (χ3v) is 5.14. The van der Waals surface area contributed by atoms with Crippen molar-refractivity contribution in [1.29, 1.82) is 0 Å². The fraction of sp³-hybridized carbons (Fsp3) is 0.348. The number of fused-ring (bicyclic) bond motifs is 1. The molecule has 7 heteroatoms. The number of nitrogens with zero attached hydrogens (tertiary/aromatic N) is 3. The number of carbonyl (C=O) groups is 1. The van der Waals surface area contributed by atoms with Crippen LogP contribution in [0.2, 0.25) is 0 Å². The summed E-state index contributed by atoms with van der Waals surface area (Å²) in [7, 11) is 3.07. The van der Waals surface area contributed by atoms with Crippen LogP contribution in [0.5, 0.6) is 11.5 Å². The normalized spacial score (nSPS) is 10.8. The molecule has 1 amide bonds. The Labute approximate surface area is 175 Å². The zero-order chi connectivity index (χ0) is 21.7. The van der Waals surface area contributed by atoms with Gasteiger partial charge in [-0.15, -0.1) is 0 Å². The van der Waals surface area contributed by atoms with E-state index in [0.717, 1.165) is 11.3 Å². The number of methoxy groups -OCH3 is 2. The third-order valence-electron chi connectivity index (χ3n) is 5.14. The lowest BCUT2D eigenvalue weighted by atomic mass is 10.1. The molecule has 0 N–H and O–H groups in total. The van der Waals surface area contributed by atoms with Gasteiger partial charge >= 0.3 is 0 Å². The van der Waals surface area contributed by atoms with Gasteiger partial charge in [0.05, 0.1) is 31.4 Å². The number of hydrogen-bond acceptors (Lipinski definition) is 5.